The Morgan fingerprint density at radius 2 is 1.59 bits per heavy atom. The van der Waals surface area contributed by atoms with E-state index in [2.05, 4.69) is 10.6 Å². The molecule has 2 heterocycles. The summed E-state index contributed by atoms with van der Waals surface area (Å²) < 4.78 is 0. The largest absolute Gasteiger partial charge is 0.344 e. The third-order valence-electron chi connectivity index (χ3n) is 5.47. The van der Waals surface area contributed by atoms with Gasteiger partial charge in [0.1, 0.15) is 6.04 Å². The second-order valence-corrected chi connectivity index (χ2v) is 8.19. The van der Waals surface area contributed by atoms with E-state index in [1.54, 1.807) is 4.90 Å². The molecule has 0 aromatic rings. The van der Waals surface area contributed by atoms with Gasteiger partial charge in [-0.25, -0.2) is 4.79 Å². The van der Waals surface area contributed by atoms with Crippen LogP contribution in [0.1, 0.15) is 59.3 Å². The van der Waals surface area contributed by atoms with Crippen molar-refractivity contribution >= 4 is 17.8 Å². The van der Waals surface area contributed by atoms with E-state index in [0.29, 0.717) is 26.1 Å². The van der Waals surface area contributed by atoms with Crippen molar-refractivity contribution in [2.24, 2.45) is 11.8 Å². The van der Waals surface area contributed by atoms with E-state index in [1.165, 1.54) is 6.42 Å². The maximum atomic E-state index is 13.2. The molecule has 2 saturated heterocycles. The van der Waals surface area contributed by atoms with Crippen molar-refractivity contribution in [3.8, 4) is 0 Å². The Balaban J connectivity index is 2.02. The van der Waals surface area contributed by atoms with E-state index < -0.39 is 6.04 Å². The summed E-state index contributed by atoms with van der Waals surface area (Å²) in [5.74, 6) is 0.353. The lowest BCUT2D eigenvalue weighted by molar-refractivity contribution is -0.139. The van der Waals surface area contributed by atoms with Crippen LogP contribution >= 0.6 is 0 Å². The molecule has 0 unspecified atom stereocenters. The first-order valence-corrected chi connectivity index (χ1v) is 10.5. The van der Waals surface area contributed by atoms with Gasteiger partial charge in [0.25, 0.3) is 0 Å². The van der Waals surface area contributed by atoms with Crippen LogP contribution < -0.4 is 10.6 Å². The van der Waals surface area contributed by atoms with Gasteiger partial charge in [0.2, 0.25) is 11.8 Å². The predicted octanol–water partition coefficient (Wildman–Crippen LogP) is 1.97. The van der Waals surface area contributed by atoms with Gasteiger partial charge in [-0.1, -0.05) is 13.8 Å². The molecule has 7 nitrogen and oxygen atoms in total. The number of likely N-dealkylation sites (tertiary alicyclic amines) is 2. The minimum atomic E-state index is -0.467. The van der Waals surface area contributed by atoms with Crippen molar-refractivity contribution in [1.82, 2.24) is 20.4 Å². The minimum absolute atomic E-state index is 0.0429. The van der Waals surface area contributed by atoms with E-state index in [4.69, 9.17) is 0 Å². The topological polar surface area (TPSA) is 81.8 Å². The molecule has 0 spiro atoms. The molecule has 0 bridgehead atoms. The van der Waals surface area contributed by atoms with E-state index in [-0.39, 0.29) is 29.7 Å². The lowest BCUT2D eigenvalue weighted by Gasteiger charge is -2.38. The number of carbonyl (C=O) groups is 3. The van der Waals surface area contributed by atoms with Crippen molar-refractivity contribution in [3.63, 3.8) is 0 Å². The van der Waals surface area contributed by atoms with Crippen molar-refractivity contribution in [2.45, 2.75) is 65.3 Å². The molecule has 0 aromatic heterocycles. The molecule has 0 aromatic carbocycles. The molecule has 27 heavy (non-hydrogen) atoms. The van der Waals surface area contributed by atoms with Crippen LogP contribution in [0.5, 0.6) is 0 Å². The lowest BCUT2D eigenvalue weighted by Crippen LogP contribution is -2.56. The number of hydrogen-bond acceptors (Lipinski definition) is 3. The first kappa shape index (κ1) is 21.5. The quantitative estimate of drug-likeness (QED) is 0.739. The molecular formula is C20H36N4O3. The van der Waals surface area contributed by atoms with Crippen molar-refractivity contribution in [3.05, 3.63) is 0 Å². The van der Waals surface area contributed by atoms with Gasteiger partial charge >= 0.3 is 6.03 Å². The van der Waals surface area contributed by atoms with Crippen LogP contribution in [-0.4, -0.2) is 66.4 Å². The standard InChI is InChI=1S/C20H36N4O3/c1-4-21-20(27)24-12-8-16(9-13-24)18(22-17(25)14-15(2)3)19(26)23-10-6-5-7-11-23/h15-16,18H,4-14H2,1-3H3,(H,21,27)(H,22,25)/t18-/m1/s1. The molecule has 2 rings (SSSR count). The fraction of sp³-hybridized carbons (Fsp3) is 0.850. The van der Waals surface area contributed by atoms with Gasteiger partial charge in [0.05, 0.1) is 0 Å². The van der Waals surface area contributed by atoms with Crippen LogP contribution in [0, 0.1) is 11.8 Å². The molecule has 4 amide bonds. The van der Waals surface area contributed by atoms with Crippen LogP contribution in [0.4, 0.5) is 4.79 Å². The summed E-state index contributed by atoms with van der Waals surface area (Å²) in [5, 5.41) is 5.86. The Kier molecular flexibility index (Phi) is 8.38. The van der Waals surface area contributed by atoms with Crippen molar-refractivity contribution in [2.75, 3.05) is 32.7 Å². The second-order valence-electron chi connectivity index (χ2n) is 8.19. The number of urea groups is 1. The predicted molar refractivity (Wildman–Crippen MR) is 105 cm³/mol. The number of carbonyl (C=O) groups excluding carboxylic acids is 3. The summed E-state index contributed by atoms with van der Waals surface area (Å²) >= 11 is 0. The molecule has 2 aliphatic heterocycles. The van der Waals surface area contributed by atoms with Crippen molar-refractivity contribution < 1.29 is 14.4 Å². The summed E-state index contributed by atoms with van der Waals surface area (Å²) in [6.07, 6.45) is 5.15. The fourth-order valence-electron chi connectivity index (χ4n) is 3.99. The van der Waals surface area contributed by atoms with Gasteiger partial charge in [0, 0.05) is 39.1 Å². The Morgan fingerprint density at radius 3 is 2.15 bits per heavy atom. The van der Waals surface area contributed by atoms with Crippen LogP contribution in [0.3, 0.4) is 0 Å². The van der Waals surface area contributed by atoms with Crippen LogP contribution in [0.15, 0.2) is 0 Å². The van der Waals surface area contributed by atoms with E-state index in [0.717, 1.165) is 38.8 Å². The maximum absolute atomic E-state index is 13.2. The average molecular weight is 381 g/mol. The summed E-state index contributed by atoms with van der Waals surface area (Å²) in [6, 6.07) is -0.510. The summed E-state index contributed by atoms with van der Waals surface area (Å²) in [7, 11) is 0. The SMILES string of the molecule is CCNC(=O)N1CCC([C@@H](NC(=O)CC(C)C)C(=O)N2CCCCC2)CC1. The fourth-order valence-corrected chi connectivity index (χ4v) is 3.99. The number of hydrogen-bond donors (Lipinski definition) is 2. The molecule has 0 aliphatic carbocycles. The maximum Gasteiger partial charge on any atom is 0.317 e. The number of amides is 4. The number of nitrogens with one attached hydrogen (secondary N) is 2. The van der Waals surface area contributed by atoms with Gasteiger partial charge in [-0.05, 0) is 50.9 Å². The van der Waals surface area contributed by atoms with Gasteiger partial charge in [-0.3, -0.25) is 9.59 Å². The monoisotopic (exact) mass is 380 g/mol. The highest BCUT2D eigenvalue weighted by molar-refractivity contribution is 5.88. The molecular weight excluding hydrogens is 344 g/mol. The molecule has 2 fully saturated rings. The molecule has 1 atom stereocenters. The number of piperidine rings is 2. The van der Waals surface area contributed by atoms with Gasteiger partial charge in [-0.2, -0.15) is 0 Å². The highest BCUT2D eigenvalue weighted by Gasteiger charge is 2.36. The van der Waals surface area contributed by atoms with Gasteiger partial charge in [0.15, 0.2) is 0 Å². The Hall–Kier alpha value is -1.79. The zero-order chi connectivity index (χ0) is 19.8. The number of nitrogens with zero attached hydrogens (tertiary/aromatic N) is 2. The van der Waals surface area contributed by atoms with Crippen LogP contribution in [0.2, 0.25) is 0 Å². The van der Waals surface area contributed by atoms with Crippen molar-refractivity contribution in [1.29, 1.82) is 0 Å². The van der Waals surface area contributed by atoms with Gasteiger partial charge in [-0.15, -0.1) is 0 Å². The normalized spacial score (nSPS) is 19.7. The van der Waals surface area contributed by atoms with E-state index in [1.807, 2.05) is 25.7 Å². The molecule has 0 radical (unpaired) electrons. The highest BCUT2D eigenvalue weighted by Crippen LogP contribution is 2.24. The molecule has 154 valence electrons. The second kappa shape index (κ2) is 10.5. The Morgan fingerprint density at radius 1 is 0.963 bits per heavy atom. The van der Waals surface area contributed by atoms with Crippen LogP contribution in [0.25, 0.3) is 0 Å². The lowest BCUT2D eigenvalue weighted by atomic mass is 9.88. The van der Waals surface area contributed by atoms with E-state index in [9.17, 15) is 14.4 Å². The van der Waals surface area contributed by atoms with E-state index >= 15 is 0 Å². The Bertz CT molecular complexity index is 509. The van der Waals surface area contributed by atoms with Gasteiger partial charge < -0.3 is 20.4 Å². The summed E-state index contributed by atoms with van der Waals surface area (Å²) in [5.41, 5.74) is 0. The first-order chi connectivity index (χ1) is 12.9. The highest BCUT2D eigenvalue weighted by atomic mass is 16.2. The zero-order valence-electron chi connectivity index (χ0n) is 17.1. The van der Waals surface area contributed by atoms with Crippen LogP contribution in [-0.2, 0) is 9.59 Å². The molecule has 7 heteroatoms. The smallest absolute Gasteiger partial charge is 0.317 e. The number of rotatable bonds is 6. The average Bonchev–Trinajstić information content (AvgIpc) is 2.66. The third-order valence-corrected chi connectivity index (χ3v) is 5.47. The molecule has 2 aliphatic rings. The molecule has 2 N–H and O–H groups in total. The summed E-state index contributed by atoms with van der Waals surface area (Å²) in [4.78, 5) is 41.3. The first-order valence-electron chi connectivity index (χ1n) is 10.5. The summed E-state index contributed by atoms with van der Waals surface area (Å²) in [6.45, 7) is 9.35. The minimum Gasteiger partial charge on any atom is -0.344 e. The Labute approximate surface area is 163 Å². The third kappa shape index (κ3) is 6.40. The molecule has 0 saturated carbocycles. The zero-order valence-corrected chi connectivity index (χ0v) is 17.1.